The van der Waals surface area contributed by atoms with Gasteiger partial charge in [0, 0.05) is 19.0 Å². The number of carbonyl (C=O) groups excluding carboxylic acids is 1. The van der Waals surface area contributed by atoms with Crippen molar-refractivity contribution in [1.29, 1.82) is 0 Å². The number of ether oxygens (including phenoxy) is 1. The van der Waals surface area contributed by atoms with Crippen molar-refractivity contribution in [1.82, 2.24) is 24.5 Å². The van der Waals surface area contributed by atoms with Crippen molar-refractivity contribution in [2.45, 2.75) is 38.5 Å². The van der Waals surface area contributed by atoms with Crippen LogP contribution >= 0.6 is 0 Å². The van der Waals surface area contributed by atoms with Gasteiger partial charge in [-0.1, -0.05) is 12.1 Å². The third-order valence-electron chi connectivity index (χ3n) is 5.53. The van der Waals surface area contributed by atoms with Gasteiger partial charge >= 0.3 is 0 Å². The Bertz CT molecular complexity index is 1070. The van der Waals surface area contributed by atoms with Crippen LogP contribution < -0.4 is 4.74 Å². The Hall–Kier alpha value is -3.10. The van der Waals surface area contributed by atoms with E-state index < -0.39 is 6.43 Å². The molecule has 0 spiro atoms. The fourth-order valence-electron chi connectivity index (χ4n) is 4.00. The summed E-state index contributed by atoms with van der Waals surface area (Å²) in [5, 5.41) is 3.83. The predicted molar refractivity (Wildman–Crippen MR) is 106 cm³/mol. The van der Waals surface area contributed by atoms with Crippen molar-refractivity contribution >= 4 is 11.7 Å². The van der Waals surface area contributed by atoms with E-state index in [1.165, 1.54) is 12.4 Å². The number of nitrogens with zero attached hydrogens (tertiary/aromatic N) is 5. The number of hydrogen-bond donors (Lipinski definition) is 0. The number of halogens is 2. The van der Waals surface area contributed by atoms with Gasteiger partial charge in [0.25, 0.3) is 12.2 Å². The Balaban J connectivity index is 1.51. The highest BCUT2D eigenvalue weighted by molar-refractivity contribution is 5.79. The van der Waals surface area contributed by atoms with E-state index in [4.69, 9.17) is 4.74 Å². The third-order valence-corrected chi connectivity index (χ3v) is 5.53. The number of fused-ring (bicyclic) bond motifs is 1. The molecule has 1 aliphatic heterocycles. The van der Waals surface area contributed by atoms with Gasteiger partial charge in [0.1, 0.15) is 17.8 Å². The van der Waals surface area contributed by atoms with Gasteiger partial charge in [-0.15, -0.1) is 0 Å². The fourth-order valence-corrected chi connectivity index (χ4v) is 4.00. The van der Waals surface area contributed by atoms with E-state index in [1.54, 1.807) is 12.0 Å². The second-order valence-electron chi connectivity index (χ2n) is 7.54. The molecule has 2 aromatic heterocycles. The number of aromatic nitrogens is 4. The lowest BCUT2D eigenvalue weighted by atomic mass is 9.93. The van der Waals surface area contributed by atoms with Crippen molar-refractivity contribution in [2.75, 3.05) is 20.2 Å². The molecule has 1 fully saturated rings. The molecule has 1 saturated heterocycles. The minimum absolute atomic E-state index is 0.0157. The van der Waals surface area contributed by atoms with Crippen molar-refractivity contribution < 1.29 is 18.3 Å². The Morgan fingerprint density at radius 3 is 2.90 bits per heavy atom. The number of rotatable bonds is 5. The number of carbonyl (C=O) groups is 1. The lowest BCUT2D eigenvalue weighted by Crippen LogP contribution is -2.40. The first-order valence-corrected chi connectivity index (χ1v) is 9.86. The van der Waals surface area contributed by atoms with E-state index in [1.807, 2.05) is 25.1 Å². The largest absolute Gasteiger partial charge is 0.496 e. The highest BCUT2D eigenvalue weighted by atomic mass is 19.3. The van der Waals surface area contributed by atoms with Gasteiger partial charge in [0.05, 0.1) is 19.2 Å². The van der Waals surface area contributed by atoms with Crippen LogP contribution in [0.25, 0.3) is 5.78 Å². The molecule has 0 bridgehead atoms. The van der Waals surface area contributed by atoms with E-state index in [2.05, 4.69) is 15.1 Å². The number of benzene rings is 1. The van der Waals surface area contributed by atoms with Crippen LogP contribution in [0.15, 0.2) is 30.6 Å². The van der Waals surface area contributed by atoms with Crippen LogP contribution in [0.2, 0.25) is 0 Å². The molecular formula is C21H23F2N5O2. The van der Waals surface area contributed by atoms with Gasteiger partial charge in [0.15, 0.2) is 0 Å². The number of likely N-dealkylation sites (tertiary alicyclic amines) is 1. The average molecular weight is 415 g/mol. The zero-order chi connectivity index (χ0) is 21.3. The second kappa shape index (κ2) is 8.33. The quantitative estimate of drug-likeness (QED) is 0.639. The third kappa shape index (κ3) is 3.96. The Labute approximate surface area is 172 Å². The molecule has 1 aliphatic rings. The molecule has 158 valence electrons. The molecule has 0 radical (unpaired) electrons. The molecule has 9 heteroatoms. The molecule has 4 rings (SSSR count). The molecule has 0 N–H and O–H groups in total. The summed E-state index contributed by atoms with van der Waals surface area (Å²) >= 11 is 0. The fraction of sp³-hybridized carbons (Fsp3) is 0.429. The standard InChI is InChI=1S/C21H23F2N5O2/c1-13-8-14(5-6-18(13)30-2)9-19(29)27-7-3-4-15(11-27)16-10-17(20(22)23)28-21(26-16)24-12-25-28/h5-6,8,10,12,15,20H,3-4,7,9,11H2,1-2H3/t15-/m1/s1. The first-order chi connectivity index (χ1) is 14.5. The van der Waals surface area contributed by atoms with Crippen LogP contribution in [-0.4, -0.2) is 50.6 Å². The molecule has 30 heavy (non-hydrogen) atoms. The van der Waals surface area contributed by atoms with Gasteiger partial charge in [-0.2, -0.15) is 14.6 Å². The van der Waals surface area contributed by atoms with Gasteiger partial charge in [0.2, 0.25) is 5.91 Å². The molecular weight excluding hydrogens is 392 g/mol. The number of hydrogen-bond acceptors (Lipinski definition) is 5. The summed E-state index contributed by atoms with van der Waals surface area (Å²) in [5.74, 6) is 0.843. The van der Waals surface area contributed by atoms with E-state index in [9.17, 15) is 13.6 Å². The number of aryl methyl sites for hydroxylation is 1. The molecule has 0 aliphatic carbocycles. The second-order valence-corrected chi connectivity index (χ2v) is 7.54. The smallest absolute Gasteiger partial charge is 0.280 e. The van der Waals surface area contributed by atoms with Crippen LogP contribution in [0.1, 0.15) is 47.7 Å². The topological polar surface area (TPSA) is 72.6 Å². The van der Waals surface area contributed by atoms with Crippen LogP contribution in [0.3, 0.4) is 0 Å². The van der Waals surface area contributed by atoms with E-state index in [0.717, 1.165) is 34.2 Å². The maximum atomic E-state index is 13.5. The van der Waals surface area contributed by atoms with Crippen LogP contribution in [0, 0.1) is 6.92 Å². The summed E-state index contributed by atoms with van der Waals surface area (Å²) in [6.45, 7) is 3.05. The monoisotopic (exact) mass is 415 g/mol. The summed E-state index contributed by atoms with van der Waals surface area (Å²) in [4.78, 5) is 23.1. The lowest BCUT2D eigenvalue weighted by molar-refractivity contribution is -0.131. The minimum atomic E-state index is -2.68. The zero-order valence-corrected chi connectivity index (χ0v) is 16.9. The lowest BCUT2D eigenvalue weighted by Gasteiger charge is -2.32. The number of alkyl halides is 2. The predicted octanol–water partition coefficient (Wildman–Crippen LogP) is 3.33. The normalized spacial score (nSPS) is 17.0. The first-order valence-electron chi connectivity index (χ1n) is 9.86. The van der Waals surface area contributed by atoms with E-state index in [0.29, 0.717) is 18.8 Å². The maximum absolute atomic E-state index is 13.5. The molecule has 0 unspecified atom stereocenters. The molecule has 1 atom stereocenters. The summed E-state index contributed by atoms with van der Waals surface area (Å²) in [6, 6.07) is 7.09. The Morgan fingerprint density at radius 2 is 2.17 bits per heavy atom. The van der Waals surface area contributed by atoms with Gasteiger partial charge in [-0.25, -0.2) is 13.8 Å². The van der Waals surface area contributed by atoms with Crippen molar-refractivity contribution in [2.24, 2.45) is 0 Å². The van der Waals surface area contributed by atoms with E-state index >= 15 is 0 Å². The van der Waals surface area contributed by atoms with Crippen LogP contribution in [-0.2, 0) is 11.2 Å². The summed E-state index contributed by atoms with van der Waals surface area (Å²) in [6.07, 6.45) is 0.394. The number of amides is 1. The highest BCUT2D eigenvalue weighted by Crippen LogP contribution is 2.29. The zero-order valence-electron chi connectivity index (χ0n) is 16.9. The SMILES string of the molecule is COc1ccc(CC(=O)N2CCC[C@@H](c3cc(C(F)F)n4ncnc4n3)C2)cc1C. The van der Waals surface area contributed by atoms with Crippen LogP contribution in [0.5, 0.6) is 5.75 Å². The van der Waals surface area contributed by atoms with Crippen molar-refractivity contribution in [3.8, 4) is 5.75 Å². The van der Waals surface area contributed by atoms with Crippen molar-refractivity contribution in [3.63, 3.8) is 0 Å². The minimum Gasteiger partial charge on any atom is -0.496 e. The van der Waals surface area contributed by atoms with Gasteiger partial charge in [-0.05, 0) is 43.0 Å². The maximum Gasteiger partial charge on any atom is 0.280 e. The number of piperidine rings is 1. The van der Waals surface area contributed by atoms with Gasteiger partial charge < -0.3 is 9.64 Å². The van der Waals surface area contributed by atoms with Gasteiger partial charge in [-0.3, -0.25) is 4.79 Å². The Morgan fingerprint density at radius 1 is 1.33 bits per heavy atom. The number of methoxy groups -OCH3 is 1. The summed E-state index contributed by atoms with van der Waals surface area (Å²) < 4.78 is 33.3. The molecule has 7 nitrogen and oxygen atoms in total. The van der Waals surface area contributed by atoms with Crippen LogP contribution in [0.4, 0.5) is 8.78 Å². The van der Waals surface area contributed by atoms with E-state index in [-0.39, 0.29) is 29.7 Å². The first kappa shape index (κ1) is 20.2. The Kier molecular flexibility index (Phi) is 5.61. The molecule has 3 heterocycles. The summed E-state index contributed by atoms with van der Waals surface area (Å²) in [7, 11) is 1.62. The molecule has 3 aromatic rings. The highest BCUT2D eigenvalue weighted by Gasteiger charge is 2.27. The molecule has 0 saturated carbocycles. The molecule has 1 amide bonds. The average Bonchev–Trinajstić information content (AvgIpc) is 3.22. The molecule has 1 aromatic carbocycles. The van der Waals surface area contributed by atoms with Crippen molar-refractivity contribution in [3.05, 3.63) is 53.1 Å². The summed E-state index contributed by atoms with van der Waals surface area (Å²) in [5.41, 5.74) is 2.20.